The summed E-state index contributed by atoms with van der Waals surface area (Å²) in [5.41, 5.74) is 2.38. The molecule has 0 bridgehead atoms. The number of fused-ring (bicyclic) bond motifs is 1. The molecule has 21 heavy (non-hydrogen) atoms. The fourth-order valence-corrected chi connectivity index (χ4v) is 3.55. The highest BCUT2D eigenvalue weighted by atomic mass is 79.9. The van der Waals surface area contributed by atoms with E-state index in [1.165, 1.54) is 0 Å². The minimum Gasteiger partial charge on any atom is -0.269 e. The Bertz CT molecular complexity index is 860. The molecule has 2 aromatic heterocycles. The van der Waals surface area contributed by atoms with Crippen molar-refractivity contribution in [2.24, 2.45) is 0 Å². The second kappa shape index (κ2) is 6.03. The summed E-state index contributed by atoms with van der Waals surface area (Å²) in [7, 11) is 0. The summed E-state index contributed by atoms with van der Waals surface area (Å²) >= 11 is 5.13. The fourth-order valence-electron chi connectivity index (χ4n) is 2.15. The molecule has 0 radical (unpaired) electrons. The number of benzene rings is 1. The van der Waals surface area contributed by atoms with E-state index in [0.717, 1.165) is 20.8 Å². The van der Waals surface area contributed by atoms with E-state index in [1.807, 2.05) is 43.3 Å². The lowest BCUT2D eigenvalue weighted by Crippen LogP contribution is -2.17. The Balaban J connectivity index is 1.90. The fraction of sp³-hybridized carbons (Fsp3) is 0.125. The molecule has 0 aliphatic heterocycles. The Labute approximate surface area is 135 Å². The Morgan fingerprint density at radius 2 is 2.00 bits per heavy atom. The van der Waals surface area contributed by atoms with E-state index in [1.54, 1.807) is 22.2 Å². The minimum atomic E-state index is -0.0251. The molecule has 1 aromatic carbocycles. The zero-order valence-electron chi connectivity index (χ0n) is 11.4. The number of aromatic nitrogens is 2. The van der Waals surface area contributed by atoms with Crippen LogP contribution in [0.15, 0.2) is 62.7 Å². The molecule has 106 valence electrons. The van der Waals surface area contributed by atoms with Gasteiger partial charge in [0.05, 0.1) is 5.69 Å². The van der Waals surface area contributed by atoms with Gasteiger partial charge in [-0.2, -0.15) is 0 Å². The molecule has 0 aliphatic rings. The van der Waals surface area contributed by atoms with E-state index >= 15 is 0 Å². The van der Waals surface area contributed by atoms with Crippen LogP contribution in [0.2, 0.25) is 0 Å². The third-order valence-corrected chi connectivity index (χ3v) is 4.64. The number of halogens is 1. The molecule has 0 fully saturated rings. The Morgan fingerprint density at radius 1 is 1.19 bits per heavy atom. The van der Waals surface area contributed by atoms with Crippen molar-refractivity contribution >= 4 is 33.3 Å². The van der Waals surface area contributed by atoms with Crippen molar-refractivity contribution in [2.75, 3.05) is 0 Å². The average molecular weight is 361 g/mol. The first-order chi connectivity index (χ1) is 10.1. The van der Waals surface area contributed by atoms with Gasteiger partial charge in [0.1, 0.15) is 5.65 Å². The summed E-state index contributed by atoms with van der Waals surface area (Å²) in [5.74, 6) is 0.677. The van der Waals surface area contributed by atoms with Crippen LogP contribution < -0.4 is 5.56 Å². The van der Waals surface area contributed by atoms with Gasteiger partial charge < -0.3 is 0 Å². The van der Waals surface area contributed by atoms with E-state index in [4.69, 9.17) is 0 Å². The quantitative estimate of drug-likeness (QED) is 0.660. The van der Waals surface area contributed by atoms with Gasteiger partial charge in [0.25, 0.3) is 5.56 Å². The first-order valence-corrected chi connectivity index (χ1v) is 8.28. The number of rotatable bonds is 3. The Hall–Kier alpha value is -1.59. The normalized spacial score (nSPS) is 11.0. The van der Waals surface area contributed by atoms with E-state index in [9.17, 15) is 4.79 Å². The predicted octanol–water partition coefficient (Wildman–Crippen LogP) is 4.06. The van der Waals surface area contributed by atoms with Crippen LogP contribution in [0.3, 0.4) is 0 Å². The van der Waals surface area contributed by atoms with Crippen molar-refractivity contribution < 1.29 is 0 Å². The topological polar surface area (TPSA) is 34.4 Å². The van der Waals surface area contributed by atoms with Crippen molar-refractivity contribution in [3.8, 4) is 0 Å². The summed E-state index contributed by atoms with van der Waals surface area (Å²) in [6, 6.07) is 15.4. The van der Waals surface area contributed by atoms with Gasteiger partial charge in [-0.3, -0.25) is 9.20 Å². The third-order valence-electron chi connectivity index (χ3n) is 3.12. The highest BCUT2D eigenvalue weighted by molar-refractivity contribution is 9.10. The van der Waals surface area contributed by atoms with Crippen molar-refractivity contribution in [1.29, 1.82) is 0 Å². The molecule has 3 aromatic rings. The molecule has 3 nitrogen and oxygen atoms in total. The van der Waals surface area contributed by atoms with Crippen LogP contribution in [0.5, 0.6) is 0 Å². The molecule has 0 unspecified atom stereocenters. The molecule has 0 aliphatic carbocycles. The molecule has 0 amide bonds. The van der Waals surface area contributed by atoms with Gasteiger partial charge in [-0.1, -0.05) is 28.1 Å². The zero-order valence-corrected chi connectivity index (χ0v) is 13.8. The Morgan fingerprint density at radius 3 is 2.81 bits per heavy atom. The van der Waals surface area contributed by atoms with Crippen LogP contribution >= 0.6 is 27.7 Å². The second-order valence-corrected chi connectivity index (χ2v) is 6.66. The van der Waals surface area contributed by atoms with E-state index < -0.39 is 0 Å². The van der Waals surface area contributed by atoms with Crippen molar-refractivity contribution in [2.45, 2.75) is 17.6 Å². The molecule has 0 spiro atoms. The first-order valence-electron chi connectivity index (χ1n) is 6.50. The van der Waals surface area contributed by atoms with Crippen molar-refractivity contribution in [3.63, 3.8) is 0 Å². The number of aryl methyl sites for hydroxylation is 1. The van der Waals surface area contributed by atoms with Crippen LogP contribution in [-0.4, -0.2) is 9.38 Å². The first kappa shape index (κ1) is 14.4. The molecule has 0 saturated heterocycles. The lowest BCUT2D eigenvalue weighted by atomic mass is 10.3. The summed E-state index contributed by atoms with van der Waals surface area (Å²) in [6.07, 6.45) is 0. The van der Waals surface area contributed by atoms with Gasteiger partial charge in [-0.15, -0.1) is 11.8 Å². The molecule has 0 saturated carbocycles. The zero-order chi connectivity index (χ0) is 14.8. The van der Waals surface area contributed by atoms with Crippen molar-refractivity contribution in [1.82, 2.24) is 9.38 Å². The van der Waals surface area contributed by atoms with Gasteiger partial charge in [-0.25, -0.2) is 4.98 Å². The van der Waals surface area contributed by atoms with Crippen LogP contribution in [-0.2, 0) is 5.75 Å². The second-order valence-electron chi connectivity index (χ2n) is 4.69. The van der Waals surface area contributed by atoms with Gasteiger partial charge in [-0.05, 0) is 37.3 Å². The molecule has 3 rings (SSSR count). The molecule has 0 atom stereocenters. The SMILES string of the molecule is Cc1cccc2nc(CSc3cccc(Br)c3)cc(=O)n12. The highest BCUT2D eigenvalue weighted by Crippen LogP contribution is 2.24. The monoisotopic (exact) mass is 360 g/mol. The molecular formula is C16H13BrN2OS. The summed E-state index contributed by atoms with van der Waals surface area (Å²) in [5, 5.41) is 0. The molecule has 0 N–H and O–H groups in total. The number of pyridine rings is 1. The van der Waals surface area contributed by atoms with Gasteiger partial charge in [0, 0.05) is 26.9 Å². The molecule has 5 heteroatoms. The van der Waals surface area contributed by atoms with E-state index in [0.29, 0.717) is 11.4 Å². The maximum absolute atomic E-state index is 12.2. The summed E-state index contributed by atoms with van der Waals surface area (Å²) in [6.45, 7) is 1.91. The predicted molar refractivity (Wildman–Crippen MR) is 89.9 cm³/mol. The Kier molecular flexibility index (Phi) is 4.12. The number of thioether (sulfide) groups is 1. The van der Waals surface area contributed by atoms with Crippen molar-refractivity contribution in [3.05, 3.63) is 74.7 Å². The van der Waals surface area contributed by atoms with Crippen LogP contribution in [0.25, 0.3) is 5.65 Å². The van der Waals surface area contributed by atoms with Gasteiger partial charge in [0.2, 0.25) is 0 Å². The van der Waals surface area contributed by atoms with Crippen LogP contribution in [0.1, 0.15) is 11.4 Å². The van der Waals surface area contributed by atoms with E-state index in [-0.39, 0.29) is 5.56 Å². The summed E-state index contributed by atoms with van der Waals surface area (Å²) in [4.78, 5) is 17.9. The lowest BCUT2D eigenvalue weighted by Gasteiger charge is -2.06. The highest BCUT2D eigenvalue weighted by Gasteiger charge is 2.05. The van der Waals surface area contributed by atoms with Gasteiger partial charge >= 0.3 is 0 Å². The lowest BCUT2D eigenvalue weighted by molar-refractivity contribution is 0.968. The number of nitrogens with zero attached hydrogens (tertiary/aromatic N) is 2. The number of hydrogen-bond donors (Lipinski definition) is 0. The number of hydrogen-bond acceptors (Lipinski definition) is 3. The average Bonchev–Trinajstić information content (AvgIpc) is 2.45. The van der Waals surface area contributed by atoms with E-state index in [2.05, 4.69) is 27.0 Å². The minimum absolute atomic E-state index is 0.0251. The summed E-state index contributed by atoms with van der Waals surface area (Å²) < 4.78 is 2.68. The molecular weight excluding hydrogens is 348 g/mol. The van der Waals surface area contributed by atoms with Crippen LogP contribution in [0, 0.1) is 6.92 Å². The standard InChI is InChI=1S/C16H13BrN2OS/c1-11-4-2-7-15-18-13(9-16(20)19(11)15)10-21-14-6-3-5-12(17)8-14/h2-9H,10H2,1H3. The smallest absolute Gasteiger partial charge is 0.258 e. The maximum atomic E-state index is 12.2. The molecule has 2 heterocycles. The largest absolute Gasteiger partial charge is 0.269 e. The van der Waals surface area contributed by atoms with Gasteiger partial charge in [0.15, 0.2) is 0 Å². The maximum Gasteiger partial charge on any atom is 0.258 e. The van der Waals surface area contributed by atoms with Crippen LogP contribution in [0.4, 0.5) is 0 Å². The third kappa shape index (κ3) is 3.19.